The van der Waals surface area contributed by atoms with Crippen molar-refractivity contribution in [2.45, 2.75) is 26.0 Å². The molecular weight excluding hydrogens is 314 g/mol. The number of ether oxygens (including phenoxy) is 2. The molecule has 1 N–H and O–H groups in total. The predicted molar refractivity (Wildman–Crippen MR) is 91.1 cm³/mol. The average Bonchev–Trinajstić information content (AvgIpc) is 2.56. The van der Waals surface area contributed by atoms with Gasteiger partial charge in [0.25, 0.3) is 5.91 Å². The molecular formula is C18H20ClNO3. The van der Waals surface area contributed by atoms with Crippen molar-refractivity contribution in [1.29, 1.82) is 0 Å². The summed E-state index contributed by atoms with van der Waals surface area (Å²) in [6.45, 7) is 3.61. The Hall–Kier alpha value is -2.20. The van der Waals surface area contributed by atoms with Crippen LogP contribution in [0.25, 0.3) is 0 Å². The fourth-order valence-corrected chi connectivity index (χ4v) is 2.27. The van der Waals surface area contributed by atoms with Crippen LogP contribution in [0.4, 0.5) is 0 Å². The third-order valence-electron chi connectivity index (χ3n) is 3.48. The third-order valence-corrected chi connectivity index (χ3v) is 3.80. The van der Waals surface area contributed by atoms with E-state index in [1.54, 1.807) is 26.2 Å². The third kappa shape index (κ3) is 4.63. The van der Waals surface area contributed by atoms with Gasteiger partial charge in [-0.1, -0.05) is 35.9 Å². The maximum absolute atomic E-state index is 12.3. The molecule has 0 aliphatic heterocycles. The van der Waals surface area contributed by atoms with Crippen LogP contribution < -0.4 is 14.8 Å². The maximum Gasteiger partial charge on any atom is 0.261 e. The Morgan fingerprint density at radius 3 is 2.35 bits per heavy atom. The molecule has 0 fully saturated rings. The highest BCUT2D eigenvalue weighted by Gasteiger charge is 2.18. The highest BCUT2D eigenvalue weighted by molar-refractivity contribution is 6.32. The molecule has 23 heavy (non-hydrogen) atoms. The van der Waals surface area contributed by atoms with Crippen LogP contribution in [-0.2, 0) is 4.79 Å². The van der Waals surface area contributed by atoms with Gasteiger partial charge in [-0.2, -0.15) is 0 Å². The number of carbonyl (C=O) groups is 1. The van der Waals surface area contributed by atoms with Crippen molar-refractivity contribution in [3.8, 4) is 11.5 Å². The standard InChI is InChI=1S/C18H20ClNO3/c1-12(14-8-10-15(22-3)11-9-14)20-18(21)13(2)23-17-7-5-4-6-16(17)19/h4-13H,1-3H3,(H,20,21). The lowest BCUT2D eigenvalue weighted by Gasteiger charge is -2.19. The van der Waals surface area contributed by atoms with Gasteiger partial charge in [0, 0.05) is 0 Å². The Labute approximate surface area is 141 Å². The summed E-state index contributed by atoms with van der Waals surface area (Å²) in [6, 6.07) is 14.5. The number of rotatable bonds is 6. The molecule has 0 aliphatic rings. The summed E-state index contributed by atoms with van der Waals surface area (Å²) in [5.41, 5.74) is 0.990. The molecule has 2 rings (SSSR count). The molecule has 0 saturated heterocycles. The number of methoxy groups -OCH3 is 1. The first kappa shape index (κ1) is 17.2. The van der Waals surface area contributed by atoms with Crippen molar-refractivity contribution in [2.24, 2.45) is 0 Å². The monoisotopic (exact) mass is 333 g/mol. The minimum absolute atomic E-state index is 0.134. The van der Waals surface area contributed by atoms with Crippen molar-refractivity contribution in [2.75, 3.05) is 7.11 Å². The summed E-state index contributed by atoms with van der Waals surface area (Å²) >= 11 is 6.03. The fourth-order valence-electron chi connectivity index (χ4n) is 2.09. The number of hydrogen-bond acceptors (Lipinski definition) is 3. The van der Waals surface area contributed by atoms with Gasteiger partial charge in [0.05, 0.1) is 18.2 Å². The summed E-state index contributed by atoms with van der Waals surface area (Å²) < 4.78 is 10.7. The summed E-state index contributed by atoms with van der Waals surface area (Å²) in [4.78, 5) is 12.3. The normalized spacial score (nSPS) is 13.0. The molecule has 0 aromatic heterocycles. The number of carbonyl (C=O) groups excluding carboxylic acids is 1. The topological polar surface area (TPSA) is 47.6 Å². The van der Waals surface area contributed by atoms with Crippen molar-refractivity contribution in [3.63, 3.8) is 0 Å². The van der Waals surface area contributed by atoms with E-state index in [9.17, 15) is 4.79 Å². The molecule has 122 valence electrons. The van der Waals surface area contributed by atoms with E-state index in [1.165, 1.54) is 0 Å². The van der Waals surface area contributed by atoms with Crippen molar-refractivity contribution in [1.82, 2.24) is 5.32 Å². The van der Waals surface area contributed by atoms with Crippen LogP contribution in [0.5, 0.6) is 11.5 Å². The van der Waals surface area contributed by atoms with Crippen LogP contribution in [0.1, 0.15) is 25.5 Å². The van der Waals surface area contributed by atoms with Crippen LogP contribution in [-0.4, -0.2) is 19.1 Å². The summed E-state index contributed by atoms with van der Waals surface area (Å²) in [5, 5.41) is 3.41. The summed E-state index contributed by atoms with van der Waals surface area (Å²) in [6.07, 6.45) is -0.643. The van der Waals surface area contributed by atoms with E-state index in [2.05, 4.69) is 5.32 Å². The Morgan fingerprint density at radius 1 is 1.09 bits per heavy atom. The minimum atomic E-state index is -0.643. The van der Waals surface area contributed by atoms with Gasteiger partial charge < -0.3 is 14.8 Å². The Balaban J connectivity index is 1.95. The molecule has 4 nitrogen and oxygen atoms in total. The van der Waals surface area contributed by atoms with Gasteiger partial charge in [0.1, 0.15) is 11.5 Å². The minimum Gasteiger partial charge on any atom is -0.497 e. The molecule has 0 bridgehead atoms. The maximum atomic E-state index is 12.3. The second-order valence-electron chi connectivity index (χ2n) is 5.19. The fraction of sp³-hybridized carbons (Fsp3) is 0.278. The van der Waals surface area contributed by atoms with Crippen molar-refractivity contribution < 1.29 is 14.3 Å². The molecule has 2 atom stereocenters. The zero-order chi connectivity index (χ0) is 16.8. The average molecular weight is 334 g/mol. The number of benzene rings is 2. The number of halogens is 1. The molecule has 0 aliphatic carbocycles. The SMILES string of the molecule is COc1ccc(C(C)NC(=O)C(C)Oc2ccccc2Cl)cc1. The Bertz CT molecular complexity index is 658. The first-order valence-electron chi connectivity index (χ1n) is 7.36. The van der Waals surface area contributed by atoms with Gasteiger partial charge in [-0.25, -0.2) is 0 Å². The van der Waals surface area contributed by atoms with Gasteiger partial charge in [0.2, 0.25) is 0 Å². The second kappa shape index (κ2) is 7.88. The predicted octanol–water partition coefficient (Wildman–Crippen LogP) is 3.99. The molecule has 1 amide bonds. The van der Waals surface area contributed by atoms with Crippen molar-refractivity contribution in [3.05, 3.63) is 59.1 Å². The molecule has 0 heterocycles. The lowest BCUT2D eigenvalue weighted by molar-refractivity contribution is -0.127. The number of para-hydroxylation sites is 1. The molecule has 2 aromatic carbocycles. The van der Waals surface area contributed by atoms with Crippen LogP contribution in [0.3, 0.4) is 0 Å². The largest absolute Gasteiger partial charge is 0.497 e. The van der Waals surface area contributed by atoms with Gasteiger partial charge in [-0.15, -0.1) is 0 Å². The Morgan fingerprint density at radius 2 is 1.74 bits per heavy atom. The van der Waals surface area contributed by atoms with Gasteiger partial charge in [-0.3, -0.25) is 4.79 Å². The Kier molecular flexibility index (Phi) is 5.88. The quantitative estimate of drug-likeness (QED) is 0.869. The smallest absolute Gasteiger partial charge is 0.261 e. The van der Waals surface area contributed by atoms with Crippen LogP contribution in [0.2, 0.25) is 5.02 Å². The number of nitrogens with one attached hydrogen (secondary N) is 1. The van der Waals surface area contributed by atoms with Crippen LogP contribution in [0, 0.1) is 0 Å². The molecule has 0 radical (unpaired) electrons. The van der Waals surface area contributed by atoms with E-state index in [0.29, 0.717) is 10.8 Å². The van der Waals surface area contributed by atoms with E-state index in [1.807, 2.05) is 43.3 Å². The highest BCUT2D eigenvalue weighted by Crippen LogP contribution is 2.24. The van der Waals surface area contributed by atoms with Crippen LogP contribution >= 0.6 is 11.6 Å². The summed E-state index contributed by atoms with van der Waals surface area (Å²) in [5.74, 6) is 1.07. The van der Waals surface area contributed by atoms with E-state index in [4.69, 9.17) is 21.1 Å². The van der Waals surface area contributed by atoms with E-state index >= 15 is 0 Å². The zero-order valence-electron chi connectivity index (χ0n) is 13.4. The van der Waals surface area contributed by atoms with Gasteiger partial charge >= 0.3 is 0 Å². The molecule has 2 aromatic rings. The lowest BCUT2D eigenvalue weighted by Crippen LogP contribution is -2.37. The van der Waals surface area contributed by atoms with E-state index in [-0.39, 0.29) is 11.9 Å². The second-order valence-corrected chi connectivity index (χ2v) is 5.60. The van der Waals surface area contributed by atoms with E-state index in [0.717, 1.165) is 11.3 Å². The van der Waals surface area contributed by atoms with Crippen molar-refractivity contribution >= 4 is 17.5 Å². The first-order chi connectivity index (χ1) is 11.0. The van der Waals surface area contributed by atoms with E-state index < -0.39 is 6.10 Å². The molecule has 0 saturated carbocycles. The zero-order valence-corrected chi connectivity index (χ0v) is 14.1. The molecule has 5 heteroatoms. The summed E-state index contributed by atoms with van der Waals surface area (Å²) in [7, 11) is 1.62. The van der Waals surface area contributed by atoms with Gasteiger partial charge in [-0.05, 0) is 43.7 Å². The highest BCUT2D eigenvalue weighted by atomic mass is 35.5. The number of amides is 1. The molecule has 0 spiro atoms. The molecule has 2 unspecified atom stereocenters. The van der Waals surface area contributed by atoms with Crippen LogP contribution in [0.15, 0.2) is 48.5 Å². The number of hydrogen-bond donors (Lipinski definition) is 1. The van der Waals surface area contributed by atoms with Gasteiger partial charge in [0.15, 0.2) is 6.10 Å². The lowest BCUT2D eigenvalue weighted by atomic mass is 10.1. The first-order valence-corrected chi connectivity index (χ1v) is 7.74.